The van der Waals surface area contributed by atoms with E-state index in [1.54, 1.807) is 12.1 Å². The van der Waals surface area contributed by atoms with Crippen LogP contribution in [0, 0.1) is 6.92 Å². The highest BCUT2D eigenvalue weighted by atomic mass is 127. The molecule has 2 aromatic rings. The molecule has 182 valence electrons. The molecule has 0 aliphatic carbocycles. The lowest BCUT2D eigenvalue weighted by molar-refractivity contribution is -0.0504. The second kappa shape index (κ2) is 13.5. The fraction of sp³-hybridized carbons (Fsp3) is 0.478. The lowest BCUT2D eigenvalue weighted by Gasteiger charge is -2.32. The first-order valence-electron chi connectivity index (χ1n) is 10.8. The summed E-state index contributed by atoms with van der Waals surface area (Å²) in [6.07, 6.45) is 2.03. The summed E-state index contributed by atoms with van der Waals surface area (Å²) in [5.41, 5.74) is 2.58. The number of aromatic nitrogens is 1. The average molecular weight is 575 g/mol. The molecular formula is C23H32F2IN5O2. The second-order valence-electron chi connectivity index (χ2n) is 7.69. The van der Waals surface area contributed by atoms with Gasteiger partial charge in [-0.3, -0.25) is 0 Å². The van der Waals surface area contributed by atoms with Gasteiger partial charge in [-0.2, -0.15) is 8.78 Å². The number of rotatable bonds is 8. The number of alkyl halides is 2. The monoisotopic (exact) mass is 575 g/mol. The number of morpholine rings is 1. The van der Waals surface area contributed by atoms with Crippen molar-refractivity contribution >= 4 is 35.8 Å². The van der Waals surface area contributed by atoms with E-state index in [0.717, 1.165) is 30.0 Å². The normalized spacial score (nSPS) is 16.4. The van der Waals surface area contributed by atoms with E-state index in [1.807, 2.05) is 38.2 Å². The van der Waals surface area contributed by atoms with E-state index in [2.05, 4.69) is 37.2 Å². The Hall–Kier alpha value is -2.21. The number of hydrogen-bond acceptors (Lipinski definition) is 5. The number of pyridine rings is 1. The Morgan fingerprint density at radius 1 is 1.30 bits per heavy atom. The van der Waals surface area contributed by atoms with Crippen LogP contribution in [0.1, 0.15) is 30.5 Å². The topological polar surface area (TPSA) is 71.0 Å². The Bertz CT molecular complexity index is 899. The minimum atomic E-state index is -2.87. The van der Waals surface area contributed by atoms with Crippen LogP contribution in [0.25, 0.3) is 0 Å². The van der Waals surface area contributed by atoms with E-state index in [1.165, 1.54) is 0 Å². The molecule has 7 nitrogen and oxygen atoms in total. The summed E-state index contributed by atoms with van der Waals surface area (Å²) >= 11 is 0. The van der Waals surface area contributed by atoms with Crippen LogP contribution in [0.5, 0.6) is 5.75 Å². The highest BCUT2D eigenvalue weighted by Gasteiger charge is 2.17. The fourth-order valence-corrected chi connectivity index (χ4v) is 3.47. The van der Waals surface area contributed by atoms with Crippen molar-refractivity contribution in [1.29, 1.82) is 0 Å². The maximum absolute atomic E-state index is 12.7. The number of guanidine groups is 1. The summed E-state index contributed by atoms with van der Waals surface area (Å²) in [6, 6.07) is 9.15. The number of aliphatic imine (C=N–C) groups is 1. The number of nitrogens with zero attached hydrogens (tertiary/aromatic N) is 3. The third-order valence-electron chi connectivity index (χ3n) is 5.02. The Labute approximate surface area is 211 Å². The maximum atomic E-state index is 12.7. The van der Waals surface area contributed by atoms with Crippen LogP contribution in [-0.2, 0) is 17.8 Å². The minimum absolute atomic E-state index is 0. The van der Waals surface area contributed by atoms with Gasteiger partial charge in [-0.1, -0.05) is 23.8 Å². The van der Waals surface area contributed by atoms with Gasteiger partial charge in [0, 0.05) is 37.9 Å². The molecule has 1 saturated heterocycles. The minimum Gasteiger partial charge on any atom is -0.434 e. The van der Waals surface area contributed by atoms with E-state index >= 15 is 0 Å². The first-order chi connectivity index (χ1) is 15.4. The third-order valence-corrected chi connectivity index (χ3v) is 5.02. The highest BCUT2D eigenvalue weighted by molar-refractivity contribution is 14.0. The molecule has 2 N–H and O–H groups in total. The molecule has 1 fully saturated rings. The van der Waals surface area contributed by atoms with Crippen molar-refractivity contribution in [1.82, 2.24) is 15.6 Å². The molecule has 0 spiro atoms. The van der Waals surface area contributed by atoms with Crippen molar-refractivity contribution in [3.8, 4) is 5.75 Å². The van der Waals surface area contributed by atoms with Crippen molar-refractivity contribution < 1.29 is 18.3 Å². The first-order valence-corrected chi connectivity index (χ1v) is 10.8. The van der Waals surface area contributed by atoms with Crippen LogP contribution in [0.4, 0.5) is 14.6 Å². The number of hydrogen-bond donors (Lipinski definition) is 2. The molecule has 1 aliphatic rings. The van der Waals surface area contributed by atoms with Gasteiger partial charge < -0.3 is 25.0 Å². The number of anilines is 1. The van der Waals surface area contributed by atoms with Gasteiger partial charge in [0.15, 0.2) is 5.96 Å². The van der Waals surface area contributed by atoms with E-state index in [0.29, 0.717) is 37.8 Å². The lowest BCUT2D eigenvalue weighted by Crippen LogP contribution is -2.41. The molecule has 10 heteroatoms. The number of nitrogens with one attached hydrogen (secondary N) is 2. The van der Waals surface area contributed by atoms with E-state index in [9.17, 15) is 8.78 Å². The molecule has 33 heavy (non-hydrogen) atoms. The molecule has 0 radical (unpaired) electrons. The van der Waals surface area contributed by atoms with Crippen molar-refractivity contribution in [3.05, 3.63) is 53.2 Å². The predicted octanol–water partition coefficient (Wildman–Crippen LogP) is 4.09. The number of benzene rings is 1. The number of halogens is 3. The molecule has 1 unspecified atom stereocenters. The van der Waals surface area contributed by atoms with Crippen LogP contribution in [0.2, 0.25) is 0 Å². The van der Waals surface area contributed by atoms with Gasteiger partial charge in [-0.15, -0.1) is 24.0 Å². The zero-order valence-electron chi connectivity index (χ0n) is 19.2. The van der Waals surface area contributed by atoms with Crippen molar-refractivity contribution in [2.24, 2.45) is 4.99 Å². The summed E-state index contributed by atoms with van der Waals surface area (Å²) in [6.45, 7) is 6.86. The van der Waals surface area contributed by atoms with Gasteiger partial charge in [0.2, 0.25) is 0 Å². The van der Waals surface area contributed by atoms with Gasteiger partial charge >= 0.3 is 6.61 Å². The Morgan fingerprint density at radius 3 is 2.79 bits per heavy atom. The van der Waals surface area contributed by atoms with E-state index < -0.39 is 6.61 Å². The Kier molecular flexibility index (Phi) is 11.0. The molecule has 1 aliphatic heterocycles. The largest absolute Gasteiger partial charge is 0.434 e. The van der Waals surface area contributed by atoms with Gasteiger partial charge in [0.1, 0.15) is 11.6 Å². The molecule has 2 heterocycles. The van der Waals surface area contributed by atoms with Crippen molar-refractivity contribution in [2.75, 3.05) is 31.1 Å². The van der Waals surface area contributed by atoms with Crippen LogP contribution in [0.3, 0.4) is 0 Å². The van der Waals surface area contributed by atoms with Crippen LogP contribution >= 0.6 is 24.0 Å². The summed E-state index contributed by atoms with van der Waals surface area (Å²) in [5, 5.41) is 6.36. The Balaban J connectivity index is 0.00000385. The maximum Gasteiger partial charge on any atom is 0.387 e. The van der Waals surface area contributed by atoms with Gasteiger partial charge in [-0.05, 0) is 38.5 Å². The molecule has 1 atom stereocenters. The molecule has 1 aromatic carbocycles. The predicted molar refractivity (Wildman–Crippen MR) is 137 cm³/mol. The molecule has 3 rings (SSSR count). The zero-order valence-corrected chi connectivity index (χ0v) is 21.5. The smallest absolute Gasteiger partial charge is 0.387 e. The molecule has 1 aromatic heterocycles. The molecule has 0 bridgehead atoms. The van der Waals surface area contributed by atoms with Crippen molar-refractivity contribution in [3.63, 3.8) is 0 Å². The summed E-state index contributed by atoms with van der Waals surface area (Å²) in [7, 11) is 0. The van der Waals surface area contributed by atoms with Crippen LogP contribution < -0.4 is 20.3 Å². The summed E-state index contributed by atoms with van der Waals surface area (Å²) in [5.74, 6) is 1.68. The van der Waals surface area contributed by atoms with Gasteiger partial charge in [0.05, 0.1) is 19.3 Å². The lowest BCUT2D eigenvalue weighted by atomic mass is 10.1. The standard InChI is InChI=1S/C23H31F2N5O2.HI/c1-4-26-23(29-14-19-11-16(2)5-7-20(19)32-22(24)25)28-13-18-6-8-21(27-12-18)30-9-10-31-17(3)15-30;/h5-8,11-12,17,22H,4,9-10,13-15H2,1-3H3,(H2,26,28,29);1H. The zero-order chi connectivity index (χ0) is 22.9. The fourth-order valence-electron chi connectivity index (χ4n) is 3.47. The van der Waals surface area contributed by atoms with Gasteiger partial charge in [0.25, 0.3) is 0 Å². The van der Waals surface area contributed by atoms with Crippen molar-refractivity contribution in [2.45, 2.75) is 46.6 Å². The second-order valence-corrected chi connectivity index (χ2v) is 7.69. The highest BCUT2D eigenvalue weighted by Crippen LogP contribution is 2.22. The third kappa shape index (κ3) is 8.58. The number of ether oxygens (including phenoxy) is 2. The Morgan fingerprint density at radius 2 is 2.12 bits per heavy atom. The molecule has 0 amide bonds. The van der Waals surface area contributed by atoms with Gasteiger partial charge in [-0.25, -0.2) is 9.98 Å². The number of aryl methyl sites for hydroxylation is 1. The molecule has 0 saturated carbocycles. The van der Waals surface area contributed by atoms with Crippen LogP contribution in [0.15, 0.2) is 41.5 Å². The quantitative estimate of drug-likeness (QED) is 0.281. The van der Waals surface area contributed by atoms with E-state index in [-0.39, 0.29) is 35.8 Å². The van der Waals surface area contributed by atoms with E-state index in [4.69, 9.17) is 4.74 Å². The van der Waals surface area contributed by atoms with Crippen LogP contribution in [-0.4, -0.2) is 49.9 Å². The summed E-state index contributed by atoms with van der Waals surface area (Å²) in [4.78, 5) is 11.4. The first kappa shape index (κ1) is 27.0. The SMILES string of the molecule is CCNC(=NCc1ccc(N2CCOC(C)C2)nc1)NCc1cc(C)ccc1OC(F)F.I. The molecular weight excluding hydrogens is 543 g/mol. The average Bonchev–Trinajstić information content (AvgIpc) is 2.77. The summed E-state index contributed by atoms with van der Waals surface area (Å²) < 4.78 is 35.6.